The lowest BCUT2D eigenvalue weighted by atomic mass is 9.33. The highest BCUT2D eigenvalue weighted by Gasteiger charge is 2.44. The third-order valence-corrected chi connectivity index (χ3v) is 20.1. The molecule has 3 nitrogen and oxygen atoms in total. The van der Waals surface area contributed by atoms with Gasteiger partial charge in [-0.25, -0.2) is 0 Å². The molecule has 0 spiro atoms. The molecular weight excluding hydrogens is 1110 g/mol. The molecule has 15 aromatic rings. The van der Waals surface area contributed by atoms with Crippen LogP contribution >= 0.6 is 0 Å². The first-order valence-corrected chi connectivity index (χ1v) is 32.7. The van der Waals surface area contributed by atoms with Crippen LogP contribution in [0.5, 0.6) is 0 Å². The molecule has 1 aromatic heterocycles. The van der Waals surface area contributed by atoms with Crippen molar-refractivity contribution in [1.29, 1.82) is 0 Å². The number of benzene rings is 14. The number of fused-ring (bicyclic) bond motifs is 7. The van der Waals surface area contributed by atoms with E-state index < -0.39 is 0 Å². The van der Waals surface area contributed by atoms with E-state index >= 15 is 0 Å². The van der Waals surface area contributed by atoms with Crippen LogP contribution in [0.1, 0.15) is 79.0 Å². The molecule has 17 rings (SSSR count). The Balaban J connectivity index is 0.979. The van der Waals surface area contributed by atoms with Crippen LogP contribution in [0.25, 0.3) is 104 Å². The number of rotatable bonds is 7. The Morgan fingerprint density at radius 1 is 0.272 bits per heavy atom. The zero-order chi connectivity index (χ0) is 62.5. The highest BCUT2D eigenvalue weighted by atomic mass is 15.2. The van der Waals surface area contributed by atoms with Crippen molar-refractivity contribution in [2.75, 3.05) is 9.80 Å². The van der Waals surface area contributed by atoms with E-state index in [9.17, 15) is 0 Å². The summed E-state index contributed by atoms with van der Waals surface area (Å²) in [6.07, 6.45) is 0. The van der Waals surface area contributed by atoms with Gasteiger partial charge < -0.3 is 14.4 Å². The fourth-order valence-corrected chi connectivity index (χ4v) is 15.3. The van der Waals surface area contributed by atoms with Gasteiger partial charge in [0.15, 0.2) is 0 Å². The standard InChI is InChI=1S/C88H72BN3/c1-86(2,3)65-37-30-59(31-38-65)63-51-81-85-82(52-63)91(69-41-34-58(35-42-69)56-22-14-11-15-23-56)80-54-70(92-77-26-18-16-24-71(77)72-25-17-19-27-78(72)92)43-44-75(80)89(85)76-50-60(36-45-79(76)90(81)68-39-32-57(33-40-68)55-20-12-10-13-21-55)73-49-64-48-66(87(4,5)6)46-61-28-29-62-47-67(88(7,8)9)53-74(73)84(62)83(61)64/h10-54H,1-9H3. The van der Waals surface area contributed by atoms with E-state index in [0.717, 1.165) is 34.0 Å². The van der Waals surface area contributed by atoms with Gasteiger partial charge in [-0.1, -0.05) is 256 Å². The van der Waals surface area contributed by atoms with E-state index in [0.29, 0.717) is 0 Å². The Morgan fingerprint density at radius 3 is 1.29 bits per heavy atom. The Bertz CT molecular complexity index is 5370. The Labute approximate surface area is 540 Å². The highest BCUT2D eigenvalue weighted by molar-refractivity contribution is 7.00. The van der Waals surface area contributed by atoms with Crippen molar-refractivity contribution in [3.8, 4) is 50.2 Å². The van der Waals surface area contributed by atoms with Gasteiger partial charge in [0.1, 0.15) is 0 Å². The molecule has 442 valence electrons. The summed E-state index contributed by atoms with van der Waals surface area (Å²) in [5.74, 6) is 0. The summed E-state index contributed by atoms with van der Waals surface area (Å²) < 4.78 is 2.48. The predicted molar refractivity (Wildman–Crippen MR) is 396 cm³/mol. The molecule has 0 fully saturated rings. The van der Waals surface area contributed by atoms with Crippen molar-refractivity contribution in [3.05, 3.63) is 290 Å². The summed E-state index contributed by atoms with van der Waals surface area (Å²) in [6.45, 7) is 20.8. The van der Waals surface area contributed by atoms with Crippen LogP contribution in [0.4, 0.5) is 34.1 Å². The Hall–Kier alpha value is -10.4. The van der Waals surface area contributed by atoms with Crippen LogP contribution in [0.15, 0.2) is 273 Å². The van der Waals surface area contributed by atoms with Gasteiger partial charge in [-0.05, 0) is 205 Å². The highest BCUT2D eigenvalue weighted by Crippen LogP contribution is 2.50. The maximum Gasteiger partial charge on any atom is 0.252 e. The first-order valence-electron chi connectivity index (χ1n) is 32.7. The van der Waals surface area contributed by atoms with Crippen LogP contribution in [0.3, 0.4) is 0 Å². The Kier molecular flexibility index (Phi) is 12.4. The lowest BCUT2D eigenvalue weighted by Gasteiger charge is -2.44. The number of hydrogen-bond acceptors (Lipinski definition) is 2. The SMILES string of the molecule is CC(C)(C)c1ccc(-c2cc3c4c(c2)N(c2ccc(-c5ccccc5)cc2)c2cc(-n5c6ccccc6c6ccccc65)ccc2B4c2cc(-c4cc5cc(C(C)(C)C)cc6ccc7cc(C(C)(C)C)cc4c7c65)ccc2N3c2ccc(-c3ccccc3)cc2)cc1. The smallest absolute Gasteiger partial charge is 0.252 e. The minimum atomic E-state index is -0.164. The second-order valence-electron chi connectivity index (χ2n) is 29.0. The monoisotopic (exact) mass is 1180 g/mol. The van der Waals surface area contributed by atoms with Crippen molar-refractivity contribution >= 4 is 111 Å². The van der Waals surface area contributed by atoms with Crippen LogP contribution in [-0.4, -0.2) is 11.3 Å². The molecule has 2 aliphatic heterocycles. The van der Waals surface area contributed by atoms with Gasteiger partial charge in [-0.3, -0.25) is 0 Å². The molecule has 0 aliphatic carbocycles. The van der Waals surface area contributed by atoms with Crippen molar-refractivity contribution in [2.24, 2.45) is 0 Å². The minimum absolute atomic E-state index is 0.000523. The number of para-hydroxylation sites is 2. The molecule has 0 saturated carbocycles. The van der Waals surface area contributed by atoms with E-state index in [4.69, 9.17) is 0 Å². The molecule has 14 aromatic carbocycles. The minimum Gasteiger partial charge on any atom is -0.311 e. The predicted octanol–water partition coefficient (Wildman–Crippen LogP) is 22.3. The van der Waals surface area contributed by atoms with Crippen LogP contribution in [0, 0.1) is 0 Å². The summed E-state index contributed by atoms with van der Waals surface area (Å²) in [5.41, 5.74) is 27.6. The fourth-order valence-electron chi connectivity index (χ4n) is 15.3. The molecule has 0 saturated heterocycles. The zero-order valence-electron chi connectivity index (χ0n) is 53.9. The molecule has 2 aliphatic rings. The maximum atomic E-state index is 2.60. The molecule has 92 heavy (non-hydrogen) atoms. The maximum absolute atomic E-state index is 2.60. The van der Waals surface area contributed by atoms with Gasteiger partial charge in [0.05, 0.1) is 11.0 Å². The zero-order valence-corrected chi connectivity index (χ0v) is 53.9. The molecule has 0 amide bonds. The molecule has 0 bridgehead atoms. The van der Waals surface area contributed by atoms with Crippen LogP contribution < -0.4 is 26.2 Å². The number of aromatic nitrogens is 1. The normalized spacial score (nSPS) is 13.2. The third kappa shape index (κ3) is 8.93. The summed E-state index contributed by atoms with van der Waals surface area (Å²) in [6, 6.07) is 104. The second-order valence-corrected chi connectivity index (χ2v) is 29.0. The molecule has 0 atom stereocenters. The van der Waals surface area contributed by atoms with Gasteiger partial charge in [0, 0.05) is 50.6 Å². The van der Waals surface area contributed by atoms with Gasteiger partial charge in [0.25, 0.3) is 6.71 Å². The lowest BCUT2D eigenvalue weighted by molar-refractivity contribution is 0.590. The summed E-state index contributed by atoms with van der Waals surface area (Å²) in [4.78, 5) is 5.18. The third-order valence-electron chi connectivity index (χ3n) is 20.1. The van der Waals surface area contributed by atoms with Gasteiger partial charge in [0.2, 0.25) is 0 Å². The topological polar surface area (TPSA) is 11.4 Å². The lowest BCUT2D eigenvalue weighted by Crippen LogP contribution is -2.61. The molecule has 0 N–H and O–H groups in total. The van der Waals surface area contributed by atoms with Gasteiger partial charge >= 0.3 is 0 Å². The molecular formula is C88H72BN3. The van der Waals surface area contributed by atoms with E-state index in [1.54, 1.807) is 0 Å². The van der Waals surface area contributed by atoms with E-state index in [1.165, 1.54) is 138 Å². The second kappa shape index (κ2) is 20.6. The number of anilines is 6. The van der Waals surface area contributed by atoms with Crippen molar-refractivity contribution in [1.82, 2.24) is 4.57 Å². The van der Waals surface area contributed by atoms with Crippen molar-refractivity contribution in [2.45, 2.75) is 78.6 Å². The van der Waals surface area contributed by atoms with Crippen molar-refractivity contribution < 1.29 is 0 Å². The van der Waals surface area contributed by atoms with E-state index in [1.807, 2.05) is 0 Å². The summed E-state index contributed by atoms with van der Waals surface area (Å²) in [5, 5.41) is 10.3. The first-order chi connectivity index (χ1) is 44.5. The molecule has 0 radical (unpaired) electrons. The number of nitrogens with zero attached hydrogens (tertiary/aromatic N) is 3. The van der Waals surface area contributed by atoms with Gasteiger partial charge in [-0.15, -0.1) is 0 Å². The molecule has 4 heteroatoms. The quantitative estimate of drug-likeness (QED) is 0.116. The fraction of sp³-hybridized carbons (Fsp3) is 0.136. The largest absolute Gasteiger partial charge is 0.311 e. The average Bonchev–Trinajstić information content (AvgIpc) is 0.776. The van der Waals surface area contributed by atoms with E-state index in [-0.39, 0.29) is 23.0 Å². The molecule has 0 unspecified atom stereocenters. The average molecular weight is 1180 g/mol. The van der Waals surface area contributed by atoms with Crippen LogP contribution in [0.2, 0.25) is 0 Å². The van der Waals surface area contributed by atoms with Crippen LogP contribution in [-0.2, 0) is 16.2 Å². The van der Waals surface area contributed by atoms with E-state index in [2.05, 4.69) is 350 Å². The summed E-state index contributed by atoms with van der Waals surface area (Å²) >= 11 is 0. The van der Waals surface area contributed by atoms with Crippen molar-refractivity contribution in [3.63, 3.8) is 0 Å². The first kappa shape index (κ1) is 55.6. The molecule has 3 heterocycles. The Morgan fingerprint density at radius 2 is 0.728 bits per heavy atom. The summed E-state index contributed by atoms with van der Waals surface area (Å²) in [7, 11) is 0. The van der Waals surface area contributed by atoms with Gasteiger partial charge in [-0.2, -0.15) is 0 Å². The number of hydrogen-bond donors (Lipinski definition) is 0.